The van der Waals surface area contributed by atoms with Gasteiger partial charge in [0.05, 0.1) is 11.3 Å². The molecular formula is C16H19N3O2. The number of carbonyl (C=O) groups is 1. The first kappa shape index (κ1) is 14.8. The van der Waals surface area contributed by atoms with E-state index in [1.165, 1.54) is 23.4 Å². The molecule has 0 fully saturated rings. The first-order valence-electron chi connectivity index (χ1n) is 6.93. The van der Waals surface area contributed by atoms with Gasteiger partial charge < -0.3 is 16.2 Å². The lowest BCUT2D eigenvalue weighted by Gasteiger charge is -2.16. The lowest BCUT2D eigenvalue weighted by atomic mass is 10.0. The summed E-state index contributed by atoms with van der Waals surface area (Å²) in [7, 11) is 0. The fraction of sp³-hybridized carbons (Fsp3) is 0.250. The van der Waals surface area contributed by atoms with Gasteiger partial charge in [-0.15, -0.1) is 0 Å². The van der Waals surface area contributed by atoms with Crippen molar-refractivity contribution < 1.29 is 9.90 Å². The Morgan fingerprint density at radius 3 is 2.38 bits per heavy atom. The molecule has 0 atom stereocenters. The van der Waals surface area contributed by atoms with Crippen molar-refractivity contribution in [2.45, 2.75) is 26.7 Å². The molecule has 0 spiro atoms. The van der Waals surface area contributed by atoms with Crippen LogP contribution in [0.3, 0.4) is 0 Å². The van der Waals surface area contributed by atoms with Crippen molar-refractivity contribution in [3.05, 3.63) is 47.2 Å². The highest BCUT2D eigenvalue weighted by molar-refractivity contribution is 5.89. The van der Waals surface area contributed by atoms with E-state index in [2.05, 4.69) is 36.3 Å². The van der Waals surface area contributed by atoms with Gasteiger partial charge in [0.1, 0.15) is 0 Å². The molecule has 0 saturated carbocycles. The van der Waals surface area contributed by atoms with Gasteiger partial charge >= 0.3 is 5.97 Å². The molecule has 1 aromatic heterocycles. The molecule has 0 unspecified atom stereocenters. The van der Waals surface area contributed by atoms with Crippen LogP contribution in [0, 0.1) is 0 Å². The van der Waals surface area contributed by atoms with E-state index in [0.29, 0.717) is 11.5 Å². The van der Waals surface area contributed by atoms with Crippen LogP contribution in [0.4, 0.5) is 17.2 Å². The summed E-state index contributed by atoms with van der Waals surface area (Å²) in [6.45, 7) is 4.18. The van der Waals surface area contributed by atoms with Crippen LogP contribution in [0.1, 0.15) is 35.3 Å². The molecule has 0 bridgehead atoms. The number of carboxylic acids is 1. The number of hydrogen-bond donors (Lipinski definition) is 3. The Morgan fingerprint density at radius 2 is 1.90 bits per heavy atom. The van der Waals surface area contributed by atoms with Crippen molar-refractivity contribution in [1.82, 2.24) is 4.98 Å². The summed E-state index contributed by atoms with van der Waals surface area (Å²) in [5.74, 6) is -0.556. The Hall–Kier alpha value is -2.56. The van der Waals surface area contributed by atoms with E-state index in [4.69, 9.17) is 10.8 Å². The zero-order valence-electron chi connectivity index (χ0n) is 12.2. The van der Waals surface area contributed by atoms with Gasteiger partial charge in [-0.2, -0.15) is 0 Å². The highest BCUT2D eigenvalue weighted by Gasteiger charge is 2.11. The van der Waals surface area contributed by atoms with Crippen molar-refractivity contribution in [2.24, 2.45) is 0 Å². The molecule has 0 saturated heterocycles. The van der Waals surface area contributed by atoms with Gasteiger partial charge in [0.15, 0.2) is 5.82 Å². The van der Waals surface area contributed by atoms with Crippen LogP contribution in [0.25, 0.3) is 0 Å². The second kappa shape index (κ2) is 6.26. The maximum atomic E-state index is 10.9. The van der Waals surface area contributed by atoms with E-state index in [1.807, 2.05) is 6.07 Å². The number of carboxylic acid groups (broad SMARTS) is 1. The minimum atomic E-state index is -1.04. The van der Waals surface area contributed by atoms with Crippen LogP contribution in [-0.4, -0.2) is 16.1 Å². The number of para-hydroxylation sites is 1. The number of nitrogen functional groups attached to an aromatic ring is 1. The molecule has 0 radical (unpaired) electrons. The molecule has 5 nitrogen and oxygen atoms in total. The summed E-state index contributed by atoms with van der Waals surface area (Å²) in [4.78, 5) is 15.0. The average Bonchev–Trinajstić information content (AvgIpc) is 2.49. The largest absolute Gasteiger partial charge is 0.478 e. The first-order valence-corrected chi connectivity index (χ1v) is 6.93. The smallest absolute Gasteiger partial charge is 0.337 e. The Labute approximate surface area is 123 Å². The summed E-state index contributed by atoms with van der Waals surface area (Å²) >= 11 is 0. The molecule has 110 valence electrons. The van der Waals surface area contributed by atoms with E-state index in [1.54, 1.807) is 0 Å². The van der Waals surface area contributed by atoms with Crippen LogP contribution >= 0.6 is 0 Å². The number of benzene rings is 1. The second-order valence-electron chi connectivity index (χ2n) is 4.75. The molecule has 0 aliphatic rings. The topological polar surface area (TPSA) is 88.2 Å². The molecule has 2 rings (SSSR count). The van der Waals surface area contributed by atoms with Crippen LogP contribution in [0.2, 0.25) is 0 Å². The van der Waals surface area contributed by atoms with Crippen molar-refractivity contribution in [1.29, 1.82) is 0 Å². The number of nitrogens with one attached hydrogen (secondary N) is 1. The van der Waals surface area contributed by atoms with E-state index >= 15 is 0 Å². The van der Waals surface area contributed by atoms with Gasteiger partial charge in [-0.1, -0.05) is 32.0 Å². The molecule has 0 amide bonds. The Morgan fingerprint density at radius 1 is 1.29 bits per heavy atom. The van der Waals surface area contributed by atoms with Crippen LogP contribution in [0.5, 0.6) is 0 Å². The zero-order chi connectivity index (χ0) is 15.4. The van der Waals surface area contributed by atoms with Crippen molar-refractivity contribution >= 4 is 23.2 Å². The molecule has 4 N–H and O–H groups in total. The standard InChI is InChI=1S/C16H19N3O2/c1-3-10-6-5-7-11(4-2)14(10)19-15-13(17)8-12(9-18-15)16(20)21/h5-9H,3-4,17H2,1-2H3,(H,18,19)(H,20,21). The highest BCUT2D eigenvalue weighted by atomic mass is 16.4. The number of anilines is 3. The third-order valence-corrected chi connectivity index (χ3v) is 3.41. The van der Waals surface area contributed by atoms with E-state index in [9.17, 15) is 4.79 Å². The highest BCUT2D eigenvalue weighted by Crippen LogP contribution is 2.28. The molecule has 0 aliphatic carbocycles. The maximum Gasteiger partial charge on any atom is 0.337 e. The van der Waals surface area contributed by atoms with Gasteiger partial charge in [-0.25, -0.2) is 9.78 Å². The summed E-state index contributed by atoms with van der Waals surface area (Å²) in [6, 6.07) is 7.57. The molecule has 0 aliphatic heterocycles. The number of aryl methyl sites for hydroxylation is 2. The molecule has 1 heterocycles. The van der Waals surface area contributed by atoms with Crippen molar-refractivity contribution in [3.63, 3.8) is 0 Å². The lowest BCUT2D eigenvalue weighted by molar-refractivity contribution is 0.0696. The molecule has 1 aromatic carbocycles. The number of aromatic carboxylic acids is 1. The van der Waals surface area contributed by atoms with Crippen LogP contribution in [-0.2, 0) is 12.8 Å². The van der Waals surface area contributed by atoms with Gasteiger partial charge in [0.2, 0.25) is 0 Å². The number of hydrogen-bond acceptors (Lipinski definition) is 4. The van der Waals surface area contributed by atoms with Gasteiger partial charge in [-0.05, 0) is 30.0 Å². The van der Waals surface area contributed by atoms with Gasteiger partial charge in [0, 0.05) is 11.9 Å². The van der Waals surface area contributed by atoms with E-state index < -0.39 is 5.97 Å². The predicted octanol–water partition coefficient (Wildman–Crippen LogP) is 3.23. The normalized spacial score (nSPS) is 10.4. The fourth-order valence-corrected chi connectivity index (χ4v) is 2.22. The van der Waals surface area contributed by atoms with Crippen LogP contribution < -0.4 is 11.1 Å². The lowest BCUT2D eigenvalue weighted by Crippen LogP contribution is -2.06. The third kappa shape index (κ3) is 3.13. The first-order chi connectivity index (χ1) is 10.1. The van der Waals surface area contributed by atoms with Gasteiger partial charge in [0.25, 0.3) is 0 Å². The predicted molar refractivity (Wildman–Crippen MR) is 84.1 cm³/mol. The average molecular weight is 285 g/mol. The Kier molecular flexibility index (Phi) is 4.42. The van der Waals surface area contributed by atoms with Crippen molar-refractivity contribution in [3.8, 4) is 0 Å². The minimum absolute atomic E-state index is 0.0811. The molecular weight excluding hydrogens is 266 g/mol. The number of aromatic nitrogens is 1. The molecule has 21 heavy (non-hydrogen) atoms. The molecule has 2 aromatic rings. The summed E-state index contributed by atoms with van der Waals surface area (Å²) in [5.41, 5.74) is 9.67. The summed E-state index contributed by atoms with van der Waals surface area (Å²) in [6.07, 6.45) is 3.09. The van der Waals surface area contributed by atoms with E-state index in [0.717, 1.165) is 18.5 Å². The van der Waals surface area contributed by atoms with Crippen LogP contribution in [0.15, 0.2) is 30.5 Å². The summed E-state index contributed by atoms with van der Waals surface area (Å²) < 4.78 is 0. The maximum absolute atomic E-state index is 10.9. The quantitative estimate of drug-likeness (QED) is 0.785. The molecule has 5 heteroatoms. The fourth-order valence-electron chi connectivity index (χ4n) is 2.22. The summed E-state index contributed by atoms with van der Waals surface area (Å²) in [5, 5.41) is 12.2. The Balaban J connectivity index is 2.40. The van der Waals surface area contributed by atoms with Gasteiger partial charge in [-0.3, -0.25) is 0 Å². The monoisotopic (exact) mass is 285 g/mol. The minimum Gasteiger partial charge on any atom is -0.478 e. The van der Waals surface area contributed by atoms with E-state index in [-0.39, 0.29) is 5.56 Å². The number of nitrogens with two attached hydrogens (primary N) is 1. The number of rotatable bonds is 5. The third-order valence-electron chi connectivity index (χ3n) is 3.41. The number of pyridine rings is 1. The zero-order valence-corrected chi connectivity index (χ0v) is 12.2. The second-order valence-corrected chi connectivity index (χ2v) is 4.75. The number of nitrogens with zero attached hydrogens (tertiary/aromatic N) is 1. The Bertz CT molecular complexity index is 646. The SMILES string of the molecule is CCc1cccc(CC)c1Nc1ncc(C(=O)O)cc1N. The van der Waals surface area contributed by atoms with Crippen molar-refractivity contribution in [2.75, 3.05) is 11.1 Å².